The van der Waals surface area contributed by atoms with Crippen LogP contribution in [0.2, 0.25) is 0 Å². The van der Waals surface area contributed by atoms with E-state index in [0.29, 0.717) is 0 Å². The van der Waals surface area contributed by atoms with Gasteiger partial charge in [-0.1, -0.05) is 42.5 Å². The molecule has 0 bridgehead atoms. The van der Waals surface area contributed by atoms with Crippen LogP contribution >= 0.6 is 24.0 Å². The van der Waals surface area contributed by atoms with E-state index in [1.165, 1.54) is 16.7 Å². The summed E-state index contributed by atoms with van der Waals surface area (Å²) in [5.74, 6) is 1.75. The largest absolute Gasteiger partial charge is 0.487 e. The molecule has 2 aliphatic rings. The smallest absolute Gasteiger partial charge is 0.191 e. The SMILES string of the molecule is CN=C(NCc1cccc(CN2CCOCC2)c1)NC1CC(C)(C)Oc2ccccc21.I. The average molecular weight is 550 g/mol. The molecule has 0 aromatic heterocycles. The minimum Gasteiger partial charge on any atom is -0.487 e. The molecule has 2 heterocycles. The molecule has 7 heteroatoms. The van der Waals surface area contributed by atoms with Crippen molar-refractivity contribution in [2.75, 3.05) is 33.4 Å². The van der Waals surface area contributed by atoms with E-state index in [2.05, 4.69) is 70.8 Å². The number of para-hydroxylation sites is 1. The van der Waals surface area contributed by atoms with Gasteiger partial charge in [-0.25, -0.2) is 0 Å². The van der Waals surface area contributed by atoms with Crippen molar-refractivity contribution < 1.29 is 9.47 Å². The molecule has 0 amide bonds. The summed E-state index contributed by atoms with van der Waals surface area (Å²) in [6, 6.07) is 17.2. The maximum atomic E-state index is 6.16. The normalized spacial score (nSPS) is 20.5. The maximum Gasteiger partial charge on any atom is 0.191 e. The quantitative estimate of drug-likeness (QED) is 0.334. The van der Waals surface area contributed by atoms with Crippen molar-refractivity contribution in [1.82, 2.24) is 15.5 Å². The molecular formula is C25H35IN4O2. The highest BCUT2D eigenvalue weighted by molar-refractivity contribution is 14.0. The lowest BCUT2D eigenvalue weighted by atomic mass is 9.90. The fraction of sp³-hybridized carbons (Fsp3) is 0.480. The van der Waals surface area contributed by atoms with Gasteiger partial charge in [-0.3, -0.25) is 9.89 Å². The monoisotopic (exact) mass is 550 g/mol. The van der Waals surface area contributed by atoms with Crippen LogP contribution < -0.4 is 15.4 Å². The van der Waals surface area contributed by atoms with E-state index in [-0.39, 0.29) is 35.6 Å². The van der Waals surface area contributed by atoms with E-state index in [4.69, 9.17) is 9.47 Å². The van der Waals surface area contributed by atoms with E-state index >= 15 is 0 Å². The molecule has 0 radical (unpaired) electrons. The molecule has 2 aliphatic heterocycles. The molecule has 1 fully saturated rings. The van der Waals surface area contributed by atoms with Gasteiger partial charge in [0.2, 0.25) is 0 Å². The van der Waals surface area contributed by atoms with Gasteiger partial charge in [0.15, 0.2) is 5.96 Å². The molecular weight excluding hydrogens is 515 g/mol. The zero-order valence-corrected chi connectivity index (χ0v) is 21.6. The van der Waals surface area contributed by atoms with Crippen molar-refractivity contribution in [3.8, 4) is 5.75 Å². The minimum absolute atomic E-state index is 0. The third kappa shape index (κ3) is 6.59. The lowest BCUT2D eigenvalue weighted by molar-refractivity contribution is 0.0342. The number of halogens is 1. The molecule has 174 valence electrons. The number of guanidine groups is 1. The predicted octanol–water partition coefficient (Wildman–Crippen LogP) is 4.10. The molecule has 2 N–H and O–H groups in total. The molecule has 0 aliphatic carbocycles. The average Bonchev–Trinajstić information content (AvgIpc) is 2.77. The molecule has 2 aromatic rings. The molecule has 4 rings (SSSR count). The summed E-state index contributed by atoms with van der Waals surface area (Å²) in [4.78, 5) is 6.91. The number of rotatable bonds is 5. The number of nitrogens with one attached hydrogen (secondary N) is 2. The predicted molar refractivity (Wildman–Crippen MR) is 140 cm³/mol. The Kier molecular flexibility index (Phi) is 8.79. The number of hydrogen-bond donors (Lipinski definition) is 2. The first-order valence-corrected chi connectivity index (χ1v) is 11.2. The van der Waals surface area contributed by atoms with Gasteiger partial charge in [-0.05, 0) is 31.0 Å². The molecule has 2 aromatic carbocycles. The Morgan fingerprint density at radius 1 is 1.09 bits per heavy atom. The maximum absolute atomic E-state index is 6.16. The van der Waals surface area contributed by atoms with Crippen LogP contribution in [0.15, 0.2) is 53.5 Å². The van der Waals surface area contributed by atoms with Crippen molar-refractivity contribution in [3.05, 3.63) is 65.2 Å². The van der Waals surface area contributed by atoms with Crippen LogP contribution in [0.25, 0.3) is 0 Å². The molecule has 32 heavy (non-hydrogen) atoms. The Balaban J connectivity index is 0.00000289. The van der Waals surface area contributed by atoms with Crippen molar-refractivity contribution in [3.63, 3.8) is 0 Å². The molecule has 1 unspecified atom stereocenters. The first-order chi connectivity index (χ1) is 15.0. The van der Waals surface area contributed by atoms with Crippen molar-refractivity contribution in [1.29, 1.82) is 0 Å². The van der Waals surface area contributed by atoms with Gasteiger partial charge in [-0.15, -0.1) is 24.0 Å². The minimum atomic E-state index is -0.224. The van der Waals surface area contributed by atoms with Crippen molar-refractivity contribution >= 4 is 29.9 Å². The van der Waals surface area contributed by atoms with Gasteiger partial charge in [0, 0.05) is 45.2 Å². The molecule has 6 nitrogen and oxygen atoms in total. The van der Waals surface area contributed by atoms with E-state index in [1.54, 1.807) is 0 Å². The van der Waals surface area contributed by atoms with Gasteiger partial charge in [-0.2, -0.15) is 0 Å². The number of nitrogens with zero attached hydrogens (tertiary/aromatic N) is 2. The summed E-state index contributed by atoms with van der Waals surface area (Å²) in [5, 5.41) is 7.09. The fourth-order valence-electron chi connectivity index (χ4n) is 4.33. The topological polar surface area (TPSA) is 58.1 Å². The van der Waals surface area contributed by atoms with Crippen molar-refractivity contribution in [2.45, 2.75) is 45.0 Å². The Hall–Kier alpha value is -1.84. The van der Waals surface area contributed by atoms with Crippen LogP contribution in [0.3, 0.4) is 0 Å². The van der Waals surface area contributed by atoms with Crippen LogP contribution in [-0.2, 0) is 17.8 Å². The molecule has 0 spiro atoms. The van der Waals surface area contributed by atoms with E-state index in [0.717, 1.165) is 57.5 Å². The number of aliphatic imine (C=N–C) groups is 1. The third-order valence-electron chi connectivity index (χ3n) is 5.87. The van der Waals surface area contributed by atoms with E-state index in [9.17, 15) is 0 Å². The van der Waals surface area contributed by atoms with Gasteiger partial charge in [0.25, 0.3) is 0 Å². The summed E-state index contributed by atoms with van der Waals surface area (Å²) < 4.78 is 11.6. The lowest BCUT2D eigenvalue weighted by Gasteiger charge is -2.38. The Morgan fingerprint density at radius 2 is 1.84 bits per heavy atom. The Morgan fingerprint density at radius 3 is 2.62 bits per heavy atom. The zero-order chi connectivity index (χ0) is 21.7. The second kappa shape index (κ2) is 11.3. The third-order valence-corrected chi connectivity index (χ3v) is 5.87. The zero-order valence-electron chi connectivity index (χ0n) is 19.3. The summed E-state index contributed by atoms with van der Waals surface area (Å²) in [7, 11) is 1.82. The van der Waals surface area contributed by atoms with Gasteiger partial charge < -0.3 is 20.1 Å². The van der Waals surface area contributed by atoms with Crippen LogP contribution in [0, 0.1) is 0 Å². The lowest BCUT2D eigenvalue weighted by Crippen LogP contribution is -2.45. The number of hydrogen-bond acceptors (Lipinski definition) is 4. The van der Waals surface area contributed by atoms with E-state index < -0.39 is 0 Å². The van der Waals surface area contributed by atoms with Gasteiger partial charge in [0.05, 0.1) is 19.3 Å². The summed E-state index contributed by atoms with van der Waals surface area (Å²) >= 11 is 0. The number of ether oxygens (including phenoxy) is 2. The Bertz CT molecular complexity index is 912. The first-order valence-electron chi connectivity index (χ1n) is 11.2. The molecule has 0 saturated carbocycles. The highest BCUT2D eigenvalue weighted by Gasteiger charge is 2.33. The summed E-state index contributed by atoms with van der Waals surface area (Å²) in [6.07, 6.45) is 0.875. The molecule has 1 atom stereocenters. The van der Waals surface area contributed by atoms with Crippen LogP contribution in [0.1, 0.15) is 43.0 Å². The van der Waals surface area contributed by atoms with E-state index in [1.807, 2.05) is 19.2 Å². The summed E-state index contributed by atoms with van der Waals surface area (Å²) in [6.45, 7) is 9.62. The van der Waals surface area contributed by atoms with Crippen LogP contribution in [-0.4, -0.2) is 49.8 Å². The standard InChI is InChI=1S/C25H34N4O2.HI/c1-25(2)16-22(21-9-4-5-10-23(21)31-25)28-24(26-3)27-17-19-7-6-8-20(15-19)18-29-11-13-30-14-12-29;/h4-10,15,22H,11-14,16-18H2,1-3H3,(H2,26,27,28);1H. The van der Waals surface area contributed by atoms with Crippen LogP contribution in [0.5, 0.6) is 5.75 Å². The van der Waals surface area contributed by atoms with Crippen molar-refractivity contribution in [2.24, 2.45) is 4.99 Å². The highest BCUT2D eigenvalue weighted by Crippen LogP contribution is 2.39. The summed E-state index contributed by atoms with van der Waals surface area (Å²) in [5.41, 5.74) is 3.54. The molecule has 1 saturated heterocycles. The fourth-order valence-corrected chi connectivity index (χ4v) is 4.33. The number of fused-ring (bicyclic) bond motifs is 1. The van der Waals surface area contributed by atoms with Crippen LogP contribution in [0.4, 0.5) is 0 Å². The van der Waals surface area contributed by atoms with Gasteiger partial charge in [0.1, 0.15) is 11.4 Å². The number of benzene rings is 2. The highest BCUT2D eigenvalue weighted by atomic mass is 127. The first kappa shape index (κ1) is 24.8. The second-order valence-corrected chi connectivity index (χ2v) is 8.93. The Labute approximate surface area is 208 Å². The second-order valence-electron chi connectivity index (χ2n) is 8.93. The van der Waals surface area contributed by atoms with Gasteiger partial charge >= 0.3 is 0 Å². The number of morpholine rings is 1.